The topological polar surface area (TPSA) is 262 Å². The van der Waals surface area contributed by atoms with Crippen LogP contribution in [-0.4, -0.2) is 59.5 Å². The van der Waals surface area contributed by atoms with Gasteiger partial charge in [-0.15, -0.1) is 0 Å². The second-order valence-electron chi connectivity index (χ2n) is 6.15. The Morgan fingerprint density at radius 1 is 1.10 bits per heavy atom. The minimum absolute atomic E-state index is 0.249. The standard InChI is InChI=1S/C11H17N4O13P3/c1-5-7-10(13-3-12-5)15(4-14-7)11-9(17)8(16)6(26-11)2-25-30(21,22)28-31(23,24)27-29(18,19)20/h3-4,6,8-9,11,16-17H,2H2,1H3,(H,21,22)(H,23,24)(H2,18,19,20)/p-3. The van der Waals surface area contributed by atoms with Gasteiger partial charge in [-0.05, 0) is 6.92 Å². The minimum atomic E-state index is -6.06. The Bertz CT molecular complexity index is 1100. The van der Waals surface area contributed by atoms with Crippen LogP contribution in [0.5, 0.6) is 0 Å². The highest BCUT2D eigenvalue weighted by atomic mass is 31.3. The number of aryl methyl sites for hydroxylation is 1. The first-order valence-electron chi connectivity index (χ1n) is 8.08. The molecule has 7 atom stereocenters. The molecule has 0 radical (unpaired) electrons. The van der Waals surface area contributed by atoms with Crippen LogP contribution < -0.4 is 14.7 Å². The van der Waals surface area contributed by atoms with Crippen LogP contribution in [0.2, 0.25) is 0 Å². The van der Waals surface area contributed by atoms with Gasteiger partial charge >= 0.3 is 0 Å². The molecule has 0 aromatic carbocycles. The average molecular weight is 503 g/mol. The van der Waals surface area contributed by atoms with Gasteiger partial charge in [-0.2, -0.15) is 0 Å². The van der Waals surface area contributed by atoms with Gasteiger partial charge in [-0.1, -0.05) is 0 Å². The van der Waals surface area contributed by atoms with E-state index in [4.69, 9.17) is 9.63 Å². The summed E-state index contributed by atoms with van der Waals surface area (Å²) >= 11 is 0. The molecule has 1 aliphatic heterocycles. The molecule has 1 saturated heterocycles. The summed E-state index contributed by atoms with van der Waals surface area (Å²) < 4.78 is 50.8. The van der Waals surface area contributed by atoms with E-state index in [1.54, 1.807) is 6.92 Å². The lowest BCUT2D eigenvalue weighted by molar-refractivity contribution is -0.250. The number of rotatable bonds is 8. The number of phosphoric ester groups is 1. The Labute approximate surface area is 172 Å². The lowest BCUT2D eigenvalue weighted by atomic mass is 10.1. The largest absolute Gasteiger partial charge is 0.756 e. The fraction of sp³-hybridized carbons (Fsp3) is 0.545. The van der Waals surface area contributed by atoms with Crippen molar-refractivity contribution in [2.45, 2.75) is 31.5 Å². The molecular formula is C11H14N4O13P3-3. The number of hydrogen-bond acceptors (Lipinski definition) is 15. The molecule has 31 heavy (non-hydrogen) atoms. The smallest absolute Gasteiger partial charge is 0.280 e. The quantitative estimate of drug-likeness (QED) is 0.307. The highest BCUT2D eigenvalue weighted by molar-refractivity contribution is 7.65. The van der Waals surface area contributed by atoms with E-state index in [0.717, 1.165) is 0 Å². The number of nitrogens with zero attached hydrogens (tertiary/aromatic N) is 4. The Morgan fingerprint density at radius 3 is 2.42 bits per heavy atom. The molecule has 20 heteroatoms. The fourth-order valence-electron chi connectivity index (χ4n) is 2.70. The van der Waals surface area contributed by atoms with E-state index in [2.05, 4.69) is 28.1 Å². The zero-order valence-corrected chi connectivity index (χ0v) is 17.9. The molecular weight excluding hydrogens is 489 g/mol. The molecule has 3 heterocycles. The number of fused-ring (bicyclic) bond motifs is 1. The van der Waals surface area contributed by atoms with Crippen molar-refractivity contribution in [3.05, 3.63) is 18.3 Å². The summed E-state index contributed by atoms with van der Waals surface area (Å²) in [5.74, 6) is 0. The molecule has 17 nitrogen and oxygen atoms in total. The second kappa shape index (κ2) is 8.65. The number of imidazole rings is 1. The summed E-state index contributed by atoms with van der Waals surface area (Å²) in [6.07, 6.45) is -3.58. The van der Waals surface area contributed by atoms with Crippen LogP contribution in [0.15, 0.2) is 12.7 Å². The van der Waals surface area contributed by atoms with Crippen LogP contribution in [0.4, 0.5) is 0 Å². The lowest BCUT2D eigenvalue weighted by Crippen LogP contribution is -2.34. The van der Waals surface area contributed by atoms with E-state index in [0.29, 0.717) is 11.2 Å². The van der Waals surface area contributed by atoms with Crippen molar-refractivity contribution < 1.29 is 61.4 Å². The highest BCUT2D eigenvalue weighted by Crippen LogP contribution is 2.61. The average Bonchev–Trinajstić information content (AvgIpc) is 3.13. The number of aliphatic hydroxyl groups excluding tert-OH is 2. The van der Waals surface area contributed by atoms with Crippen LogP contribution in [0.1, 0.15) is 11.9 Å². The summed E-state index contributed by atoms with van der Waals surface area (Å²) in [7, 11) is -17.7. The van der Waals surface area contributed by atoms with Gasteiger partial charge in [-0.25, -0.2) is 23.6 Å². The fourth-order valence-corrected chi connectivity index (χ4v) is 5.60. The molecule has 174 valence electrons. The number of phosphoric acid groups is 3. The summed E-state index contributed by atoms with van der Waals surface area (Å²) in [4.78, 5) is 53.6. The molecule has 0 saturated carbocycles. The Hall–Kier alpha value is -1.16. The normalized spacial score (nSPS) is 30.0. The first-order chi connectivity index (χ1) is 14.2. The maximum atomic E-state index is 11.6. The molecule has 1 fully saturated rings. The van der Waals surface area contributed by atoms with E-state index in [1.165, 1.54) is 17.2 Å². The van der Waals surface area contributed by atoms with Crippen LogP contribution in [0, 0.1) is 6.92 Å². The zero-order valence-electron chi connectivity index (χ0n) is 15.2. The van der Waals surface area contributed by atoms with Crippen molar-refractivity contribution in [2.24, 2.45) is 0 Å². The Kier molecular flexibility index (Phi) is 6.83. The third kappa shape index (κ3) is 5.80. The van der Waals surface area contributed by atoms with E-state index in [-0.39, 0.29) is 5.65 Å². The van der Waals surface area contributed by atoms with Crippen molar-refractivity contribution in [2.75, 3.05) is 6.61 Å². The van der Waals surface area contributed by atoms with Gasteiger partial charge in [0.25, 0.3) is 23.5 Å². The SMILES string of the molecule is Cc1ncnc2c1ncn2C1OC(COP(=O)([O-])OP(=O)([O-])OP(=O)([O-])O)C(O)C1O. The van der Waals surface area contributed by atoms with Crippen molar-refractivity contribution in [1.82, 2.24) is 19.5 Å². The van der Waals surface area contributed by atoms with Gasteiger partial charge < -0.3 is 39.0 Å². The minimum Gasteiger partial charge on any atom is -0.756 e. The first-order valence-corrected chi connectivity index (χ1v) is 12.5. The van der Waals surface area contributed by atoms with Crippen molar-refractivity contribution in [1.29, 1.82) is 0 Å². The lowest BCUT2D eigenvalue weighted by Gasteiger charge is -2.33. The molecule has 3 rings (SSSR count). The van der Waals surface area contributed by atoms with Crippen LogP contribution >= 0.6 is 23.5 Å². The van der Waals surface area contributed by atoms with Crippen LogP contribution in [-0.2, 0) is 31.6 Å². The molecule has 1 aliphatic rings. The third-order valence-electron chi connectivity index (χ3n) is 3.95. The van der Waals surface area contributed by atoms with Gasteiger partial charge in [-0.3, -0.25) is 18.3 Å². The molecule has 7 unspecified atom stereocenters. The molecule has 0 aliphatic carbocycles. The van der Waals surface area contributed by atoms with Gasteiger partial charge in [0, 0.05) is 0 Å². The number of aromatic nitrogens is 4. The van der Waals surface area contributed by atoms with Gasteiger partial charge in [0.15, 0.2) is 11.9 Å². The zero-order chi connectivity index (χ0) is 23.2. The highest BCUT2D eigenvalue weighted by Gasteiger charge is 2.45. The van der Waals surface area contributed by atoms with Crippen molar-refractivity contribution in [3.8, 4) is 0 Å². The van der Waals surface area contributed by atoms with E-state index in [1.807, 2.05) is 0 Å². The van der Waals surface area contributed by atoms with Crippen molar-refractivity contribution in [3.63, 3.8) is 0 Å². The molecule has 3 N–H and O–H groups in total. The van der Waals surface area contributed by atoms with E-state index < -0.39 is 54.6 Å². The van der Waals surface area contributed by atoms with E-state index >= 15 is 0 Å². The summed E-state index contributed by atoms with van der Waals surface area (Å²) in [5, 5.41) is 20.4. The maximum absolute atomic E-state index is 11.6. The predicted molar refractivity (Wildman–Crippen MR) is 89.1 cm³/mol. The maximum Gasteiger partial charge on any atom is 0.280 e. The summed E-state index contributed by atoms with van der Waals surface area (Å²) in [6, 6.07) is 0. The molecule has 0 amide bonds. The summed E-state index contributed by atoms with van der Waals surface area (Å²) in [5.41, 5.74) is 1.16. The second-order valence-corrected chi connectivity index (χ2v) is 10.4. The Morgan fingerprint density at radius 2 is 1.77 bits per heavy atom. The van der Waals surface area contributed by atoms with E-state index in [9.17, 15) is 38.6 Å². The van der Waals surface area contributed by atoms with Crippen molar-refractivity contribution >= 4 is 34.6 Å². The molecule has 2 aromatic heterocycles. The number of ether oxygens (including phenoxy) is 1. The first kappa shape index (κ1) is 24.5. The van der Waals surface area contributed by atoms with Crippen LogP contribution in [0.25, 0.3) is 11.2 Å². The van der Waals surface area contributed by atoms with Crippen LogP contribution in [0.3, 0.4) is 0 Å². The Balaban J connectivity index is 1.69. The van der Waals surface area contributed by atoms with Gasteiger partial charge in [0.2, 0.25) is 0 Å². The molecule has 0 bridgehead atoms. The number of aliphatic hydroxyl groups is 2. The third-order valence-corrected chi connectivity index (χ3v) is 7.64. The van der Waals surface area contributed by atoms with Gasteiger partial charge in [0.05, 0.1) is 18.6 Å². The molecule has 0 spiro atoms. The van der Waals surface area contributed by atoms with Gasteiger partial charge in [0.1, 0.15) is 30.2 Å². The monoisotopic (exact) mass is 503 g/mol. The number of hydrogen-bond donors (Lipinski definition) is 3. The predicted octanol–water partition coefficient (Wildman–Crippen LogP) is -2.80. The molecule has 2 aromatic rings. The summed E-state index contributed by atoms with van der Waals surface area (Å²) in [6.45, 7) is 0.621.